The summed E-state index contributed by atoms with van der Waals surface area (Å²) < 4.78 is 15.2. The van der Waals surface area contributed by atoms with Crippen LogP contribution in [0.15, 0.2) is 24.5 Å². The number of halogens is 1. The fraction of sp³-hybridized carbons (Fsp3) is 0.273. The zero-order valence-electron chi connectivity index (χ0n) is 9.17. The molecule has 0 amide bonds. The Bertz CT molecular complexity index is 551. The molecule has 0 radical (unpaired) electrons. The van der Waals surface area contributed by atoms with Gasteiger partial charge in [0, 0.05) is 13.1 Å². The third-order valence-electron chi connectivity index (χ3n) is 2.97. The van der Waals surface area contributed by atoms with Crippen molar-refractivity contribution >= 4 is 11.4 Å². The van der Waals surface area contributed by atoms with E-state index < -0.39 is 0 Å². The number of rotatable bonds is 1. The number of fused-ring (bicyclic) bond motifs is 1. The molecule has 6 heteroatoms. The molecule has 0 bridgehead atoms. The first-order valence-electron chi connectivity index (χ1n) is 5.41. The summed E-state index contributed by atoms with van der Waals surface area (Å²) in [5.41, 5.74) is 7.17. The highest BCUT2D eigenvalue weighted by Crippen LogP contribution is 2.26. The second kappa shape index (κ2) is 3.73. The minimum atomic E-state index is -0.277. The van der Waals surface area contributed by atoms with Crippen LogP contribution in [0.25, 0.3) is 0 Å². The molecule has 88 valence electrons. The Balaban J connectivity index is 1.94. The molecule has 1 aromatic carbocycles. The van der Waals surface area contributed by atoms with E-state index in [9.17, 15) is 4.39 Å². The zero-order valence-corrected chi connectivity index (χ0v) is 9.17. The SMILES string of the molecule is Nc1ccc(F)cc1N1CCn2cnnc2C1. The third kappa shape index (κ3) is 1.71. The molecule has 2 heterocycles. The smallest absolute Gasteiger partial charge is 0.152 e. The van der Waals surface area contributed by atoms with E-state index in [0.717, 1.165) is 24.6 Å². The van der Waals surface area contributed by atoms with Gasteiger partial charge in [0.15, 0.2) is 5.82 Å². The van der Waals surface area contributed by atoms with E-state index in [1.807, 2.05) is 9.47 Å². The van der Waals surface area contributed by atoms with Crippen molar-refractivity contribution < 1.29 is 4.39 Å². The van der Waals surface area contributed by atoms with Crippen molar-refractivity contribution in [2.75, 3.05) is 17.2 Å². The third-order valence-corrected chi connectivity index (χ3v) is 2.97. The van der Waals surface area contributed by atoms with Crippen LogP contribution in [0.3, 0.4) is 0 Å². The molecule has 0 aliphatic carbocycles. The van der Waals surface area contributed by atoms with Crippen LogP contribution in [-0.4, -0.2) is 21.3 Å². The molecule has 0 saturated heterocycles. The van der Waals surface area contributed by atoms with E-state index in [4.69, 9.17) is 5.73 Å². The highest BCUT2D eigenvalue weighted by Gasteiger charge is 2.19. The predicted molar refractivity (Wildman–Crippen MR) is 61.9 cm³/mol. The van der Waals surface area contributed by atoms with E-state index in [1.165, 1.54) is 12.1 Å². The largest absolute Gasteiger partial charge is 0.397 e. The van der Waals surface area contributed by atoms with Crippen molar-refractivity contribution in [3.05, 3.63) is 36.2 Å². The zero-order chi connectivity index (χ0) is 11.8. The number of anilines is 2. The van der Waals surface area contributed by atoms with Crippen molar-refractivity contribution in [2.45, 2.75) is 13.1 Å². The lowest BCUT2D eigenvalue weighted by Gasteiger charge is -2.29. The van der Waals surface area contributed by atoms with Crippen LogP contribution in [0.4, 0.5) is 15.8 Å². The Morgan fingerprint density at radius 2 is 2.18 bits per heavy atom. The van der Waals surface area contributed by atoms with Crippen LogP contribution in [0.2, 0.25) is 0 Å². The Kier molecular flexibility index (Phi) is 2.21. The fourth-order valence-corrected chi connectivity index (χ4v) is 2.06. The summed E-state index contributed by atoms with van der Waals surface area (Å²) in [7, 11) is 0. The van der Waals surface area contributed by atoms with Crippen LogP contribution >= 0.6 is 0 Å². The van der Waals surface area contributed by atoms with Gasteiger partial charge in [-0.15, -0.1) is 10.2 Å². The quantitative estimate of drug-likeness (QED) is 0.747. The molecule has 0 spiro atoms. The number of hydrogen-bond acceptors (Lipinski definition) is 4. The number of hydrogen-bond donors (Lipinski definition) is 1. The maximum absolute atomic E-state index is 13.2. The molecule has 3 rings (SSSR count). The summed E-state index contributed by atoms with van der Waals surface area (Å²) in [6.45, 7) is 2.17. The maximum Gasteiger partial charge on any atom is 0.152 e. The first-order chi connectivity index (χ1) is 8.24. The number of nitrogens with two attached hydrogens (primary N) is 1. The molecule has 1 aromatic heterocycles. The Hall–Kier alpha value is -2.11. The minimum absolute atomic E-state index is 0.277. The van der Waals surface area contributed by atoms with Crippen LogP contribution in [0.5, 0.6) is 0 Å². The van der Waals surface area contributed by atoms with Gasteiger partial charge in [0.2, 0.25) is 0 Å². The Labute approximate surface area is 97.7 Å². The summed E-state index contributed by atoms with van der Waals surface area (Å²) in [6.07, 6.45) is 1.71. The first-order valence-corrected chi connectivity index (χ1v) is 5.41. The molecule has 0 atom stereocenters. The monoisotopic (exact) mass is 233 g/mol. The van der Waals surface area contributed by atoms with Crippen molar-refractivity contribution in [3.63, 3.8) is 0 Å². The van der Waals surface area contributed by atoms with Crippen LogP contribution < -0.4 is 10.6 Å². The van der Waals surface area contributed by atoms with Crippen molar-refractivity contribution in [1.82, 2.24) is 14.8 Å². The molecule has 0 saturated carbocycles. The van der Waals surface area contributed by atoms with Gasteiger partial charge >= 0.3 is 0 Å². The number of nitrogen functional groups attached to an aromatic ring is 1. The van der Waals surface area contributed by atoms with Gasteiger partial charge in [0.1, 0.15) is 12.1 Å². The summed E-state index contributed by atoms with van der Waals surface area (Å²) in [5, 5.41) is 7.87. The molecule has 17 heavy (non-hydrogen) atoms. The van der Waals surface area contributed by atoms with Crippen LogP contribution in [-0.2, 0) is 13.1 Å². The molecule has 0 unspecified atom stereocenters. The van der Waals surface area contributed by atoms with Crippen LogP contribution in [0, 0.1) is 5.82 Å². The lowest BCUT2D eigenvalue weighted by Crippen LogP contribution is -2.34. The Morgan fingerprint density at radius 1 is 1.29 bits per heavy atom. The lowest BCUT2D eigenvalue weighted by atomic mass is 10.2. The molecule has 2 N–H and O–H groups in total. The molecular weight excluding hydrogens is 221 g/mol. The van der Waals surface area contributed by atoms with Gasteiger partial charge in [-0.05, 0) is 18.2 Å². The second-order valence-electron chi connectivity index (χ2n) is 4.07. The van der Waals surface area contributed by atoms with E-state index in [1.54, 1.807) is 12.4 Å². The van der Waals surface area contributed by atoms with E-state index in [0.29, 0.717) is 12.2 Å². The maximum atomic E-state index is 13.2. The average molecular weight is 233 g/mol. The fourth-order valence-electron chi connectivity index (χ4n) is 2.06. The molecule has 1 aliphatic heterocycles. The highest BCUT2D eigenvalue weighted by atomic mass is 19.1. The average Bonchev–Trinajstić information content (AvgIpc) is 2.79. The first kappa shape index (κ1) is 10.1. The van der Waals surface area contributed by atoms with Gasteiger partial charge in [-0.1, -0.05) is 0 Å². The summed E-state index contributed by atoms with van der Waals surface area (Å²) >= 11 is 0. The van der Waals surface area contributed by atoms with E-state index >= 15 is 0 Å². The predicted octanol–water partition coefficient (Wildman–Crippen LogP) is 1.02. The van der Waals surface area contributed by atoms with Gasteiger partial charge in [0.05, 0.1) is 17.9 Å². The van der Waals surface area contributed by atoms with Gasteiger partial charge in [-0.3, -0.25) is 0 Å². The molecule has 5 nitrogen and oxygen atoms in total. The molecule has 0 fully saturated rings. The topological polar surface area (TPSA) is 60.0 Å². The normalized spacial score (nSPS) is 14.8. The number of aromatic nitrogens is 3. The van der Waals surface area contributed by atoms with Crippen LogP contribution in [0.1, 0.15) is 5.82 Å². The standard InChI is InChI=1S/C11H12FN5/c12-8-1-2-9(13)10(5-8)16-3-4-17-7-14-15-11(17)6-16/h1-2,5,7H,3-4,6,13H2. The minimum Gasteiger partial charge on any atom is -0.397 e. The molecule has 2 aromatic rings. The van der Waals surface area contributed by atoms with Gasteiger partial charge in [-0.2, -0.15) is 0 Å². The van der Waals surface area contributed by atoms with E-state index in [-0.39, 0.29) is 5.82 Å². The Morgan fingerprint density at radius 3 is 3.06 bits per heavy atom. The number of nitrogens with zero attached hydrogens (tertiary/aromatic N) is 4. The van der Waals surface area contributed by atoms with E-state index in [2.05, 4.69) is 10.2 Å². The van der Waals surface area contributed by atoms with Gasteiger partial charge < -0.3 is 15.2 Å². The van der Waals surface area contributed by atoms with Crippen molar-refractivity contribution in [2.24, 2.45) is 0 Å². The van der Waals surface area contributed by atoms with Crippen molar-refractivity contribution in [1.29, 1.82) is 0 Å². The van der Waals surface area contributed by atoms with Crippen molar-refractivity contribution in [3.8, 4) is 0 Å². The lowest BCUT2D eigenvalue weighted by molar-refractivity contribution is 0.558. The van der Waals surface area contributed by atoms with Gasteiger partial charge in [-0.25, -0.2) is 4.39 Å². The summed E-state index contributed by atoms with van der Waals surface area (Å²) in [4.78, 5) is 2.02. The molecule has 1 aliphatic rings. The highest BCUT2D eigenvalue weighted by molar-refractivity contribution is 5.67. The summed E-state index contributed by atoms with van der Waals surface area (Å²) in [5.74, 6) is 0.598. The number of benzene rings is 1. The second-order valence-corrected chi connectivity index (χ2v) is 4.07. The summed E-state index contributed by atoms with van der Waals surface area (Å²) in [6, 6.07) is 4.41. The van der Waals surface area contributed by atoms with Gasteiger partial charge in [0.25, 0.3) is 0 Å². The molecular formula is C11H12FN5.